The number of hydrogen-bond acceptors (Lipinski definition) is 6. The summed E-state index contributed by atoms with van der Waals surface area (Å²) in [7, 11) is 3.32. The highest BCUT2D eigenvalue weighted by Crippen LogP contribution is 2.20. The summed E-state index contributed by atoms with van der Waals surface area (Å²) in [6, 6.07) is 15.0. The van der Waals surface area contributed by atoms with Gasteiger partial charge in [0.15, 0.2) is 5.78 Å². The van der Waals surface area contributed by atoms with Crippen molar-refractivity contribution >= 4 is 11.9 Å². The van der Waals surface area contributed by atoms with E-state index in [9.17, 15) is 9.59 Å². The molecule has 170 valence electrons. The van der Waals surface area contributed by atoms with Crippen LogP contribution in [0.25, 0.3) is 0 Å². The van der Waals surface area contributed by atoms with Gasteiger partial charge in [-0.3, -0.25) is 9.69 Å². The van der Waals surface area contributed by atoms with Crippen LogP contribution in [-0.4, -0.2) is 73.5 Å². The topological polar surface area (TPSA) is 62.3 Å². The number of allylic oxidation sites excluding steroid dienone is 1. The molecule has 1 amide bonds. The number of piperazine rings is 1. The zero-order valence-electron chi connectivity index (χ0n) is 19.0. The van der Waals surface area contributed by atoms with E-state index in [0.717, 1.165) is 38.5 Å². The zero-order valence-corrected chi connectivity index (χ0v) is 19.0. The largest absolute Gasteiger partial charge is 0.497 e. The molecule has 1 saturated heterocycles. The van der Waals surface area contributed by atoms with Crippen molar-refractivity contribution in [1.82, 2.24) is 14.7 Å². The van der Waals surface area contributed by atoms with E-state index in [4.69, 9.17) is 9.47 Å². The minimum absolute atomic E-state index is 0.187. The number of ketones is 1. The molecule has 0 unspecified atom stereocenters. The Kier molecular flexibility index (Phi) is 8.27. The minimum atomic E-state index is -0.482. The van der Waals surface area contributed by atoms with Crippen LogP contribution in [0.5, 0.6) is 11.5 Å². The lowest BCUT2D eigenvalue weighted by Gasteiger charge is -2.34. The minimum Gasteiger partial charge on any atom is -0.497 e. The van der Waals surface area contributed by atoms with Crippen LogP contribution < -0.4 is 9.47 Å². The molecule has 0 bridgehead atoms. The zero-order chi connectivity index (χ0) is 22.9. The molecule has 0 radical (unpaired) electrons. The van der Waals surface area contributed by atoms with Crippen LogP contribution in [-0.2, 0) is 6.54 Å². The molecular weight excluding hydrogens is 406 g/mol. The fourth-order valence-corrected chi connectivity index (χ4v) is 3.38. The monoisotopic (exact) mass is 437 g/mol. The van der Waals surface area contributed by atoms with Crippen LogP contribution >= 0.6 is 0 Å². The lowest BCUT2D eigenvalue weighted by Crippen LogP contribution is -2.43. The smallest absolute Gasteiger partial charge is 0.414 e. The molecule has 2 aromatic carbocycles. The maximum atomic E-state index is 12.7. The van der Waals surface area contributed by atoms with Crippen molar-refractivity contribution in [2.45, 2.75) is 13.5 Å². The number of para-hydroxylation sites is 1. The Morgan fingerprint density at radius 2 is 1.72 bits per heavy atom. The first-order chi connectivity index (χ1) is 15.5. The molecule has 0 spiro atoms. The van der Waals surface area contributed by atoms with Crippen LogP contribution in [0.2, 0.25) is 0 Å². The van der Waals surface area contributed by atoms with Gasteiger partial charge in [0.25, 0.3) is 0 Å². The second-order valence-corrected chi connectivity index (χ2v) is 7.72. The molecule has 1 heterocycles. The average Bonchev–Trinajstić information content (AvgIpc) is 2.83. The highest BCUT2D eigenvalue weighted by molar-refractivity contribution is 6.06. The molecule has 0 aromatic heterocycles. The van der Waals surface area contributed by atoms with Gasteiger partial charge in [-0.1, -0.05) is 24.3 Å². The van der Waals surface area contributed by atoms with Gasteiger partial charge in [0, 0.05) is 58.6 Å². The Labute approximate surface area is 189 Å². The van der Waals surface area contributed by atoms with Gasteiger partial charge < -0.3 is 19.3 Å². The van der Waals surface area contributed by atoms with Gasteiger partial charge in [-0.25, -0.2) is 4.79 Å². The van der Waals surface area contributed by atoms with Crippen LogP contribution in [0, 0.1) is 0 Å². The van der Waals surface area contributed by atoms with Crippen molar-refractivity contribution in [3.63, 3.8) is 0 Å². The quantitative estimate of drug-likeness (QED) is 0.464. The van der Waals surface area contributed by atoms with E-state index in [1.807, 2.05) is 25.3 Å². The number of amides is 1. The Balaban J connectivity index is 1.53. The molecule has 2 aromatic rings. The summed E-state index contributed by atoms with van der Waals surface area (Å²) in [5.74, 6) is 0.951. The van der Waals surface area contributed by atoms with Gasteiger partial charge in [-0.05, 0) is 36.8 Å². The Bertz CT molecular complexity index is 934. The van der Waals surface area contributed by atoms with Crippen molar-refractivity contribution in [2.24, 2.45) is 0 Å². The van der Waals surface area contributed by atoms with E-state index in [0.29, 0.717) is 12.1 Å². The Morgan fingerprint density at radius 3 is 2.38 bits per heavy atom. The maximum absolute atomic E-state index is 12.7. The van der Waals surface area contributed by atoms with E-state index >= 15 is 0 Å². The summed E-state index contributed by atoms with van der Waals surface area (Å²) in [6.07, 6.45) is 2.91. The number of methoxy groups -OCH3 is 1. The van der Waals surface area contributed by atoms with Crippen LogP contribution in [0.15, 0.2) is 60.8 Å². The first-order valence-electron chi connectivity index (χ1n) is 10.8. The average molecular weight is 438 g/mol. The lowest BCUT2D eigenvalue weighted by atomic mass is 10.1. The van der Waals surface area contributed by atoms with Crippen molar-refractivity contribution < 1.29 is 19.1 Å². The molecule has 3 rings (SSSR count). The molecule has 1 aliphatic rings. The molecule has 7 heteroatoms. The molecule has 0 atom stereocenters. The summed E-state index contributed by atoms with van der Waals surface area (Å²) in [5, 5.41) is 0. The number of hydrogen-bond donors (Lipinski definition) is 0. The summed E-state index contributed by atoms with van der Waals surface area (Å²) in [6.45, 7) is 6.81. The Morgan fingerprint density at radius 1 is 1.03 bits per heavy atom. The van der Waals surface area contributed by atoms with E-state index in [2.05, 4.69) is 21.9 Å². The molecule has 0 aliphatic carbocycles. The third kappa shape index (κ3) is 6.34. The Hall–Kier alpha value is -3.32. The number of benzene rings is 2. The first-order valence-corrected chi connectivity index (χ1v) is 10.8. The summed E-state index contributed by atoms with van der Waals surface area (Å²) in [4.78, 5) is 30.8. The molecule has 0 N–H and O–H groups in total. The predicted octanol–water partition coefficient (Wildman–Crippen LogP) is 3.66. The predicted molar refractivity (Wildman–Crippen MR) is 124 cm³/mol. The summed E-state index contributed by atoms with van der Waals surface area (Å²) >= 11 is 0. The fraction of sp³-hybridized carbons (Fsp3) is 0.360. The maximum Gasteiger partial charge on any atom is 0.414 e. The number of carbonyl (C=O) groups excluding carboxylic acids is 2. The first kappa shape index (κ1) is 23.3. The van der Waals surface area contributed by atoms with E-state index in [1.54, 1.807) is 44.5 Å². The van der Waals surface area contributed by atoms with Crippen molar-refractivity contribution in [2.75, 3.05) is 46.9 Å². The molecule has 1 aliphatic heterocycles. The molecule has 0 saturated carbocycles. The molecule has 7 nitrogen and oxygen atoms in total. The SMILES string of the molecule is CCN(C)C(=O)Oc1ccccc1C(=O)C=CN1CCN(Cc2ccc(OC)cc2)CC1. The summed E-state index contributed by atoms with van der Waals surface area (Å²) in [5.41, 5.74) is 1.63. The fourth-order valence-electron chi connectivity index (χ4n) is 3.38. The van der Waals surface area contributed by atoms with Gasteiger partial charge >= 0.3 is 6.09 Å². The second kappa shape index (κ2) is 11.3. The molecular formula is C25H31N3O4. The van der Waals surface area contributed by atoms with Crippen LogP contribution in [0.3, 0.4) is 0 Å². The third-order valence-corrected chi connectivity index (χ3v) is 5.54. The van der Waals surface area contributed by atoms with Crippen LogP contribution in [0.1, 0.15) is 22.8 Å². The number of rotatable bonds is 8. The third-order valence-electron chi connectivity index (χ3n) is 5.54. The summed E-state index contributed by atoms with van der Waals surface area (Å²) < 4.78 is 10.6. The number of ether oxygens (including phenoxy) is 2. The normalized spacial score (nSPS) is 14.4. The van der Waals surface area contributed by atoms with E-state index < -0.39 is 6.09 Å². The highest BCUT2D eigenvalue weighted by atomic mass is 16.6. The van der Waals surface area contributed by atoms with Gasteiger partial charge in [0.2, 0.25) is 0 Å². The van der Waals surface area contributed by atoms with E-state index in [-0.39, 0.29) is 11.5 Å². The van der Waals surface area contributed by atoms with Gasteiger partial charge in [0.05, 0.1) is 12.7 Å². The number of carbonyl (C=O) groups is 2. The van der Waals surface area contributed by atoms with E-state index in [1.165, 1.54) is 10.5 Å². The number of nitrogens with zero attached hydrogens (tertiary/aromatic N) is 3. The molecule has 32 heavy (non-hydrogen) atoms. The van der Waals surface area contributed by atoms with Crippen molar-refractivity contribution in [3.05, 3.63) is 71.9 Å². The highest BCUT2D eigenvalue weighted by Gasteiger charge is 2.17. The van der Waals surface area contributed by atoms with Crippen molar-refractivity contribution in [3.8, 4) is 11.5 Å². The van der Waals surface area contributed by atoms with Gasteiger partial charge in [0.1, 0.15) is 11.5 Å². The van der Waals surface area contributed by atoms with Crippen LogP contribution in [0.4, 0.5) is 4.79 Å². The van der Waals surface area contributed by atoms with Crippen molar-refractivity contribution in [1.29, 1.82) is 0 Å². The lowest BCUT2D eigenvalue weighted by molar-refractivity contribution is 0.103. The molecule has 1 fully saturated rings. The standard InChI is InChI=1S/C25H31N3O4/c1-4-26(2)25(30)32-24-8-6-5-7-22(24)23(29)13-14-27-15-17-28(18-16-27)19-20-9-11-21(31-3)12-10-20/h5-14H,4,15-19H2,1-3H3. The van der Waals surface area contributed by atoms with Gasteiger partial charge in [-0.2, -0.15) is 0 Å². The van der Waals surface area contributed by atoms with Gasteiger partial charge in [-0.15, -0.1) is 0 Å². The second-order valence-electron chi connectivity index (χ2n) is 7.72.